The van der Waals surface area contributed by atoms with Crippen LogP contribution in [0.3, 0.4) is 0 Å². The molecule has 2 aliphatic carbocycles. The molecule has 1 amide bonds. The lowest BCUT2D eigenvalue weighted by atomic mass is 9.78. The molecule has 12 heteroatoms. The first-order valence-electron chi connectivity index (χ1n) is 10.6. The van der Waals surface area contributed by atoms with E-state index < -0.39 is 35.5 Å². The zero-order valence-electron chi connectivity index (χ0n) is 17.5. The average molecular weight is 531 g/mol. The molecular formula is C22H17BrF2N6O3. The lowest BCUT2D eigenvalue weighted by Crippen LogP contribution is -2.39. The second kappa shape index (κ2) is 7.29. The minimum atomic E-state index is -2.63. The fraction of sp³-hybridized carbons (Fsp3) is 0.318. The van der Waals surface area contributed by atoms with Crippen LogP contribution in [0, 0.1) is 5.41 Å². The van der Waals surface area contributed by atoms with Crippen LogP contribution in [0.15, 0.2) is 51.9 Å². The van der Waals surface area contributed by atoms with Crippen molar-refractivity contribution in [2.24, 2.45) is 5.41 Å². The number of carbonyl (C=O) groups excluding carboxylic acids is 1. The van der Waals surface area contributed by atoms with Gasteiger partial charge in [0.2, 0.25) is 17.7 Å². The number of carbonyl (C=O) groups is 1. The van der Waals surface area contributed by atoms with Crippen LogP contribution >= 0.6 is 15.9 Å². The maximum Gasteiger partial charge on any atom is 0.275 e. The van der Waals surface area contributed by atoms with Gasteiger partial charge in [-0.2, -0.15) is 4.98 Å². The van der Waals surface area contributed by atoms with Gasteiger partial charge in [-0.05, 0) is 43.2 Å². The highest BCUT2D eigenvalue weighted by Crippen LogP contribution is 2.71. The molecule has 3 aromatic heterocycles. The van der Waals surface area contributed by atoms with Crippen molar-refractivity contribution in [3.63, 3.8) is 0 Å². The van der Waals surface area contributed by atoms with Crippen molar-refractivity contribution in [2.75, 3.05) is 5.32 Å². The molecule has 0 saturated heterocycles. The van der Waals surface area contributed by atoms with Crippen LogP contribution in [-0.2, 0) is 11.3 Å². The maximum absolute atomic E-state index is 13.6. The van der Waals surface area contributed by atoms with Crippen molar-refractivity contribution >= 4 is 44.2 Å². The maximum atomic E-state index is 13.6. The van der Waals surface area contributed by atoms with E-state index in [-0.39, 0.29) is 31.1 Å². The largest absolute Gasteiger partial charge is 0.473 e. The topological polar surface area (TPSA) is 103 Å². The zero-order valence-corrected chi connectivity index (χ0v) is 19.1. The van der Waals surface area contributed by atoms with Crippen molar-refractivity contribution in [3.8, 4) is 5.88 Å². The number of aromatic nitrogens is 5. The number of nitrogens with one attached hydrogen (secondary N) is 1. The summed E-state index contributed by atoms with van der Waals surface area (Å²) in [6.07, 6.45) is 1.62. The summed E-state index contributed by atoms with van der Waals surface area (Å²) in [7, 11) is 0. The number of pyridine rings is 1. The highest BCUT2D eigenvalue weighted by atomic mass is 79.9. The predicted octanol–water partition coefficient (Wildman–Crippen LogP) is 3.41. The van der Waals surface area contributed by atoms with Crippen LogP contribution in [-0.4, -0.2) is 42.3 Å². The summed E-state index contributed by atoms with van der Waals surface area (Å²) in [5, 5.41) is 11.7. The minimum absolute atomic E-state index is 0.0931. The molecule has 2 fully saturated rings. The fourth-order valence-corrected chi connectivity index (χ4v) is 4.84. The Morgan fingerprint density at radius 2 is 2.00 bits per heavy atom. The first-order valence-corrected chi connectivity index (χ1v) is 11.4. The molecule has 1 spiro atoms. The summed E-state index contributed by atoms with van der Waals surface area (Å²) in [4.78, 5) is 29.8. The molecular weight excluding hydrogens is 514 g/mol. The number of nitrogens with zero attached hydrogens (tertiary/aromatic N) is 5. The van der Waals surface area contributed by atoms with Crippen molar-refractivity contribution in [1.29, 1.82) is 0 Å². The Bertz CT molecular complexity index is 1500. The van der Waals surface area contributed by atoms with Gasteiger partial charge in [0, 0.05) is 22.5 Å². The van der Waals surface area contributed by atoms with E-state index in [0.717, 1.165) is 4.68 Å². The van der Waals surface area contributed by atoms with Gasteiger partial charge in [-0.1, -0.05) is 22.0 Å². The molecule has 2 saturated carbocycles. The molecule has 4 aromatic rings. The number of alkyl halides is 2. The van der Waals surface area contributed by atoms with Crippen molar-refractivity contribution in [3.05, 3.63) is 57.4 Å². The van der Waals surface area contributed by atoms with E-state index in [2.05, 4.69) is 36.4 Å². The fourth-order valence-electron chi connectivity index (χ4n) is 4.48. The lowest BCUT2D eigenvalue weighted by molar-refractivity contribution is -0.117. The molecule has 0 atom stereocenters. The van der Waals surface area contributed by atoms with Gasteiger partial charge in [0.05, 0.1) is 10.8 Å². The number of benzene rings is 1. The Hall–Kier alpha value is -3.41. The summed E-state index contributed by atoms with van der Waals surface area (Å²) < 4.78 is 36.3. The molecule has 9 nitrogen and oxygen atoms in total. The molecule has 6 rings (SSSR count). The molecule has 34 heavy (non-hydrogen) atoms. The van der Waals surface area contributed by atoms with E-state index in [1.54, 1.807) is 42.6 Å². The van der Waals surface area contributed by atoms with Gasteiger partial charge in [0.1, 0.15) is 12.6 Å². The highest BCUT2D eigenvalue weighted by molar-refractivity contribution is 9.10. The van der Waals surface area contributed by atoms with E-state index >= 15 is 0 Å². The van der Waals surface area contributed by atoms with Crippen LogP contribution in [0.5, 0.6) is 5.88 Å². The SMILES string of the molecule is O=C(Cn1nc(O[C@H]2C[C@@]3(CC3(F)F)C2)c2cc(Br)ccc2c1=O)Nc1nc2ccccn2n1. The molecule has 0 bridgehead atoms. The van der Waals surface area contributed by atoms with Gasteiger partial charge >= 0.3 is 0 Å². The van der Waals surface area contributed by atoms with Crippen molar-refractivity contribution < 1.29 is 18.3 Å². The molecule has 174 valence electrons. The number of anilines is 1. The second-order valence-corrected chi connectivity index (χ2v) is 9.67. The first-order chi connectivity index (χ1) is 16.2. The van der Waals surface area contributed by atoms with Crippen LogP contribution < -0.4 is 15.6 Å². The van der Waals surface area contributed by atoms with Gasteiger partial charge in [-0.3, -0.25) is 14.9 Å². The number of hydrogen-bond acceptors (Lipinski definition) is 6. The Labute approximate surface area is 198 Å². The van der Waals surface area contributed by atoms with E-state index in [9.17, 15) is 18.4 Å². The van der Waals surface area contributed by atoms with E-state index in [0.29, 0.717) is 20.9 Å². The minimum Gasteiger partial charge on any atom is -0.473 e. The number of ether oxygens (including phenoxy) is 1. The Morgan fingerprint density at radius 1 is 1.21 bits per heavy atom. The van der Waals surface area contributed by atoms with Crippen LogP contribution in [0.2, 0.25) is 0 Å². The number of rotatable bonds is 5. The van der Waals surface area contributed by atoms with Gasteiger partial charge in [0.15, 0.2) is 5.65 Å². The molecule has 1 aromatic carbocycles. The normalized spacial score (nSPS) is 22.6. The van der Waals surface area contributed by atoms with E-state index in [1.807, 2.05) is 0 Å². The van der Waals surface area contributed by atoms with Crippen LogP contribution in [0.1, 0.15) is 19.3 Å². The number of hydrogen-bond donors (Lipinski definition) is 1. The zero-order chi connectivity index (χ0) is 23.7. The third-order valence-corrected chi connectivity index (χ3v) is 6.89. The summed E-state index contributed by atoms with van der Waals surface area (Å²) in [6.45, 7) is -0.399. The van der Waals surface area contributed by atoms with Crippen molar-refractivity contribution in [1.82, 2.24) is 24.4 Å². The van der Waals surface area contributed by atoms with Crippen LogP contribution in [0.25, 0.3) is 16.4 Å². The Morgan fingerprint density at radius 3 is 2.74 bits per heavy atom. The molecule has 2 aliphatic rings. The first kappa shape index (κ1) is 21.1. The molecule has 1 N–H and O–H groups in total. The second-order valence-electron chi connectivity index (χ2n) is 8.75. The monoisotopic (exact) mass is 530 g/mol. The van der Waals surface area contributed by atoms with Gasteiger partial charge in [0.25, 0.3) is 11.5 Å². The number of fused-ring (bicyclic) bond motifs is 2. The standard InChI is InChI=1S/C22H17BrF2N6O3/c23-12-4-5-14-15(7-12)18(34-13-8-21(9-13)11-22(21,24)25)28-31(19(14)33)10-17(32)27-20-26-16-3-1-2-6-30(16)29-20/h1-7,13H,8-11H2,(H,27,29,32)/t13-,21-. The number of amides is 1. The molecule has 0 radical (unpaired) electrons. The summed E-state index contributed by atoms with van der Waals surface area (Å²) in [5.74, 6) is -2.96. The number of halogens is 3. The van der Waals surface area contributed by atoms with Gasteiger partial charge < -0.3 is 4.74 Å². The highest BCUT2D eigenvalue weighted by Gasteiger charge is 2.76. The van der Waals surface area contributed by atoms with E-state index in [1.165, 1.54) is 4.52 Å². The summed E-state index contributed by atoms with van der Waals surface area (Å²) >= 11 is 3.37. The molecule has 0 aliphatic heterocycles. The summed E-state index contributed by atoms with van der Waals surface area (Å²) in [6, 6.07) is 10.3. The quantitative estimate of drug-likeness (QED) is 0.424. The van der Waals surface area contributed by atoms with Crippen LogP contribution in [0.4, 0.5) is 14.7 Å². The third kappa shape index (κ3) is 3.44. The van der Waals surface area contributed by atoms with Gasteiger partial charge in [-0.15, -0.1) is 10.2 Å². The summed E-state index contributed by atoms with van der Waals surface area (Å²) in [5.41, 5.74) is -0.880. The molecule has 3 heterocycles. The van der Waals surface area contributed by atoms with Crippen molar-refractivity contribution in [2.45, 2.75) is 37.8 Å². The third-order valence-electron chi connectivity index (χ3n) is 6.40. The van der Waals surface area contributed by atoms with E-state index in [4.69, 9.17) is 4.74 Å². The predicted molar refractivity (Wildman–Crippen MR) is 121 cm³/mol. The van der Waals surface area contributed by atoms with Gasteiger partial charge in [-0.25, -0.2) is 18.0 Å². The Balaban J connectivity index is 1.27. The molecule has 0 unspecified atom stereocenters. The Kier molecular flexibility index (Phi) is 4.54. The lowest BCUT2D eigenvalue weighted by Gasteiger charge is -2.35. The average Bonchev–Trinajstić information content (AvgIpc) is 3.12. The smallest absolute Gasteiger partial charge is 0.275 e.